The Kier molecular flexibility index (Phi) is 6.43. The molecule has 6 rings (SSSR count). The van der Waals surface area contributed by atoms with Gasteiger partial charge in [-0.1, -0.05) is 36.4 Å². The lowest BCUT2D eigenvalue weighted by Crippen LogP contribution is -2.55. The third-order valence-electron chi connectivity index (χ3n) is 8.12. The Morgan fingerprint density at radius 2 is 1.69 bits per heavy atom. The van der Waals surface area contributed by atoms with Crippen molar-refractivity contribution in [2.24, 2.45) is 11.8 Å². The van der Waals surface area contributed by atoms with Gasteiger partial charge in [0.1, 0.15) is 17.1 Å². The number of benzene rings is 3. The van der Waals surface area contributed by atoms with Crippen LogP contribution in [0.3, 0.4) is 0 Å². The van der Waals surface area contributed by atoms with Gasteiger partial charge in [-0.3, -0.25) is 19.7 Å². The number of carbonyl (C=O) groups is 3. The van der Waals surface area contributed by atoms with Crippen LogP contribution < -0.4 is 19.9 Å². The number of ether oxygens (including phenoxy) is 1. The fraction of sp³-hybridized carbons (Fsp3) is 0.300. The fourth-order valence-corrected chi connectivity index (χ4v) is 6.87. The summed E-state index contributed by atoms with van der Waals surface area (Å²) in [6.07, 6.45) is 2.60. The number of thioether (sulfide) groups is 1. The highest BCUT2D eigenvalue weighted by Gasteiger charge is 2.71. The Labute approximate surface area is 230 Å². The van der Waals surface area contributed by atoms with E-state index in [0.717, 1.165) is 5.75 Å². The molecule has 1 N–H and O–H groups in total. The first-order valence-corrected chi connectivity index (χ1v) is 14.2. The molecule has 3 aromatic carbocycles. The first-order chi connectivity index (χ1) is 18.9. The van der Waals surface area contributed by atoms with E-state index < -0.39 is 29.1 Å². The Balaban J connectivity index is 1.46. The van der Waals surface area contributed by atoms with Crippen molar-refractivity contribution in [1.82, 2.24) is 5.32 Å². The average Bonchev–Trinajstić information content (AvgIpc) is 3.52. The van der Waals surface area contributed by atoms with Gasteiger partial charge in [-0.25, -0.2) is 9.29 Å². The van der Waals surface area contributed by atoms with Crippen LogP contribution in [0.15, 0.2) is 72.8 Å². The lowest BCUT2D eigenvalue weighted by atomic mass is 9.76. The Morgan fingerprint density at radius 1 is 0.974 bits per heavy atom. The number of fused-ring (bicyclic) bond motifs is 4. The number of rotatable bonds is 7. The normalized spacial score (nSPS) is 25.5. The van der Waals surface area contributed by atoms with E-state index in [2.05, 4.69) is 5.32 Å². The number of anilines is 2. The molecule has 2 saturated heterocycles. The van der Waals surface area contributed by atoms with Crippen LogP contribution in [-0.2, 0) is 26.5 Å². The van der Waals surface area contributed by atoms with Gasteiger partial charge in [-0.2, -0.15) is 11.8 Å². The molecule has 3 aliphatic rings. The topological polar surface area (TPSA) is 79.0 Å². The standard InChI is InChI=1S/C30H28FN3O4S/c1-38-20-13-11-19(12-14-20)34-27(35)25-23(15-16-39-2)32-30(26(25)28(34)36)21-8-4-6-10-24(21)33(29(30)37)17-18-7-3-5-9-22(18)31/h3-14,23,25-26,32H,15-17H2,1-2H3/t23-,25-,26+,30-/m1/s1. The number of halogens is 1. The van der Waals surface area contributed by atoms with E-state index in [0.29, 0.717) is 34.7 Å². The first kappa shape index (κ1) is 25.6. The second-order valence-corrected chi connectivity index (χ2v) is 11.0. The summed E-state index contributed by atoms with van der Waals surface area (Å²) in [6.45, 7) is 0.0170. The minimum absolute atomic E-state index is 0.0170. The molecule has 1 spiro atoms. The molecule has 3 heterocycles. The summed E-state index contributed by atoms with van der Waals surface area (Å²) in [7, 11) is 1.55. The van der Waals surface area contributed by atoms with E-state index in [1.165, 1.54) is 11.0 Å². The van der Waals surface area contributed by atoms with Crippen molar-refractivity contribution in [2.75, 3.05) is 28.9 Å². The summed E-state index contributed by atoms with van der Waals surface area (Å²) in [5.74, 6) is -1.75. The summed E-state index contributed by atoms with van der Waals surface area (Å²) in [4.78, 5) is 45.4. The van der Waals surface area contributed by atoms with E-state index in [4.69, 9.17) is 4.74 Å². The summed E-state index contributed by atoms with van der Waals surface area (Å²) in [6, 6.07) is 20.0. The van der Waals surface area contributed by atoms with Crippen molar-refractivity contribution in [3.63, 3.8) is 0 Å². The number of methoxy groups -OCH3 is 1. The van der Waals surface area contributed by atoms with Crippen LogP contribution in [0.2, 0.25) is 0 Å². The van der Waals surface area contributed by atoms with Crippen LogP contribution >= 0.6 is 11.8 Å². The molecule has 3 amide bonds. The minimum atomic E-state index is -1.43. The molecular weight excluding hydrogens is 517 g/mol. The van der Waals surface area contributed by atoms with Crippen LogP contribution in [0, 0.1) is 17.7 Å². The molecule has 3 aromatic rings. The average molecular weight is 546 g/mol. The third kappa shape index (κ3) is 3.78. The van der Waals surface area contributed by atoms with Gasteiger partial charge in [-0.05, 0) is 54.8 Å². The second kappa shape index (κ2) is 9.81. The number of carbonyl (C=O) groups excluding carboxylic acids is 3. The van der Waals surface area contributed by atoms with Gasteiger partial charge in [0.2, 0.25) is 11.8 Å². The minimum Gasteiger partial charge on any atom is -0.497 e. The smallest absolute Gasteiger partial charge is 0.253 e. The maximum Gasteiger partial charge on any atom is 0.253 e. The Morgan fingerprint density at radius 3 is 2.41 bits per heavy atom. The quantitative estimate of drug-likeness (QED) is 0.451. The van der Waals surface area contributed by atoms with Gasteiger partial charge in [0, 0.05) is 22.9 Å². The highest BCUT2D eigenvalue weighted by molar-refractivity contribution is 7.98. The number of imide groups is 1. The number of hydrogen-bond acceptors (Lipinski definition) is 6. The molecule has 39 heavy (non-hydrogen) atoms. The zero-order chi connectivity index (χ0) is 27.3. The van der Waals surface area contributed by atoms with E-state index in [-0.39, 0.29) is 24.4 Å². The second-order valence-electron chi connectivity index (χ2n) is 10.1. The largest absolute Gasteiger partial charge is 0.497 e. The van der Waals surface area contributed by atoms with Crippen molar-refractivity contribution in [1.29, 1.82) is 0 Å². The van der Waals surface area contributed by atoms with Crippen molar-refractivity contribution in [3.8, 4) is 5.75 Å². The maximum atomic E-state index is 14.7. The molecule has 0 aliphatic carbocycles. The number of amides is 3. The lowest BCUT2D eigenvalue weighted by molar-refractivity contribution is -0.132. The summed E-state index contributed by atoms with van der Waals surface area (Å²) in [5, 5.41) is 3.50. The van der Waals surface area contributed by atoms with Crippen molar-refractivity contribution in [3.05, 3.63) is 89.7 Å². The van der Waals surface area contributed by atoms with Crippen LogP contribution in [0.4, 0.5) is 15.8 Å². The molecule has 0 radical (unpaired) electrons. The molecule has 2 fully saturated rings. The summed E-state index contributed by atoms with van der Waals surface area (Å²) >= 11 is 1.65. The highest BCUT2D eigenvalue weighted by Crippen LogP contribution is 2.55. The molecule has 3 aliphatic heterocycles. The molecule has 0 bridgehead atoms. The van der Waals surface area contributed by atoms with Gasteiger partial charge in [0.05, 0.1) is 31.2 Å². The zero-order valence-corrected chi connectivity index (χ0v) is 22.4. The third-order valence-corrected chi connectivity index (χ3v) is 8.76. The Hall–Kier alpha value is -3.69. The van der Waals surface area contributed by atoms with Crippen molar-refractivity contribution >= 4 is 40.9 Å². The molecule has 0 saturated carbocycles. The molecule has 9 heteroatoms. The number of nitrogens with zero attached hydrogens (tertiary/aromatic N) is 2. The molecule has 0 unspecified atom stereocenters. The molecule has 200 valence electrons. The van der Waals surface area contributed by atoms with Crippen molar-refractivity contribution < 1.29 is 23.5 Å². The van der Waals surface area contributed by atoms with Gasteiger partial charge in [0.25, 0.3) is 5.91 Å². The van der Waals surface area contributed by atoms with E-state index >= 15 is 0 Å². The number of para-hydroxylation sites is 1. The van der Waals surface area contributed by atoms with Crippen molar-refractivity contribution in [2.45, 2.75) is 24.5 Å². The monoisotopic (exact) mass is 545 g/mol. The molecular formula is C30H28FN3O4S. The lowest BCUT2D eigenvalue weighted by Gasteiger charge is -2.30. The number of hydrogen-bond donors (Lipinski definition) is 1. The van der Waals surface area contributed by atoms with Gasteiger partial charge >= 0.3 is 0 Å². The van der Waals surface area contributed by atoms with Crippen LogP contribution in [0.1, 0.15) is 17.5 Å². The summed E-state index contributed by atoms with van der Waals surface area (Å²) < 4.78 is 19.9. The highest BCUT2D eigenvalue weighted by atomic mass is 32.2. The van der Waals surface area contributed by atoms with Gasteiger partial charge in [0.15, 0.2) is 0 Å². The number of nitrogens with one attached hydrogen (secondary N) is 1. The Bertz CT molecular complexity index is 1460. The van der Waals surface area contributed by atoms with Gasteiger partial charge in [-0.15, -0.1) is 0 Å². The molecule has 4 atom stereocenters. The predicted molar refractivity (Wildman–Crippen MR) is 148 cm³/mol. The zero-order valence-electron chi connectivity index (χ0n) is 21.6. The van der Waals surface area contributed by atoms with E-state index in [9.17, 15) is 18.8 Å². The first-order valence-electron chi connectivity index (χ1n) is 12.9. The SMILES string of the molecule is COc1ccc(N2C(=O)[C@H]3[C@@H](C2=O)[C@@]2(N[C@@H]3CCSC)C(=O)N(Cc3ccccc3F)c3ccccc32)cc1. The molecule has 0 aromatic heterocycles. The van der Waals surface area contributed by atoms with E-state index in [1.807, 2.05) is 30.5 Å². The van der Waals surface area contributed by atoms with Crippen LogP contribution in [0.25, 0.3) is 0 Å². The summed E-state index contributed by atoms with van der Waals surface area (Å²) in [5.41, 5.74) is 0.654. The van der Waals surface area contributed by atoms with Crippen LogP contribution in [0.5, 0.6) is 5.75 Å². The molecule has 7 nitrogen and oxygen atoms in total. The predicted octanol–water partition coefficient (Wildman–Crippen LogP) is 4.11. The van der Waals surface area contributed by atoms with Gasteiger partial charge < -0.3 is 9.64 Å². The van der Waals surface area contributed by atoms with E-state index in [1.54, 1.807) is 66.2 Å². The maximum absolute atomic E-state index is 14.7. The fourth-order valence-electron chi connectivity index (χ4n) is 6.38. The van der Waals surface area contributed by atoms with Crippen LogP contribution in [-0.4, -0.2) is 42.9 Å².